The summed E-state index contributed by atoms with van der Waals surface area (Å²) in [6.45, 7) is 0. The first-order valence-corrected chi connectivity index (χ1v) is 6.91. The molecule has 0 saturated heterocycles. The van der Waals surface area contributed by atoms with Crippen LogP contribution in [0.15, 0.2) is 46.9 Å². The summed E-state index contributed by atoms with van der Waals surface area (Å²) in [6.07, 6.45) is 0. The summed E-state index contributed by atoms with van der Waals surface area (Å²) in [4.78, 5) is 4.42. The van der Waals surface area contributed by atoms with Crippen molar-refractivity contribution in [2.24, 2.45) is 0 Å². The number of halogens is 2. The van der Waals surface area contributed by atoms with Gasteiger partial charge in [0.2, 0.25) is 0 Å². The van der Waals surface area contributed by atoms with Crippen molar-refractivity contribution in [1.82, 2.24) is 4.98 Å². The third-order valence-corrected chi connectivity index (χ3v) is 3.91. The van der Waals surface area contributed by atoms with Crippen LogP contribution in [0.4, 0.5) is 15.2 Å². The normalized spacial score (nSPS) is 10.8. The Morgan fingerprint density at radius 1 is 1.17 bits per heavy atom. The van der Waals surface area contributed by atoms with Crippen LogP contribution >= 0.6 is 27.3 Å². The van der Waals surface area contributed by atoms with E-state index in [9.17, 15) is 4.39 Å². The molecule has 2 nitrogen and oxygen atoms in total. The van der Waals surface area contributed by atoms with Gasteiger partial charge in [-0.2, -0.15) is 0 Å². The Bertz CT molecular complexity index is 711. The number of nitrogens with one attached hydrogen (secondary N) is 1. The molecule has 0 fully saturated rings. The number of fused-ring (bicyclic) bond motifs is 1. The molecule has 1 N–H and O–H groups in total. The first-order chi connectivity index (χ1) is 8.72. The van der Waals surface area contributed by atoms with E-state index in [1.165, 1.54) is 17.4 Å². The van der Waals surface area contributed by atoms with Crippen LogP contribution in [-0.4, -0.2) is 4.98 Å². The Labute approximate surface area is 116 Å². The molecule has 3 rings (SSSR count). The number of thiazole rings is 1. The van der Waals surface area contributed by atoms with Crippen LogP contribution in [0.25, 0.3) is 10.2 Å². The molecule has 1 heterocycles. The number of nitrogens with zero attached hydrogens (tertiary/aromatic N) is 1. The van der Waals surface area contributed by atoms with Crippen molar-refractivity contribution in [1.29, 1.82) is 0 Å². The fourth-order valence-electron chi connectivity index (χ4n) is 1.63. The maximum atomic E-state index is 13.5. The summed E-state index contributed by atoms with van der Waals surface area (Å²) in [6, 6.07) is 12.5. The number of rotatable bonds is 2. The van der Waals surface area contributed by atoms with Crippen LogP contribution in [0.3, 0.4) is 0 Å². The van der Waals surface area contributed by atoms with Crippen molar-refractivity contribution in [2.75, 3.05) is 5.32 Å². The first kappa shape index (κ1) is 11.6. The lowest BCUT2D eigenvalue weighted by molar-refractivity contribution is 0.632. The maximum Gasteiger partial charge on any atom is 0.188 e. The van der Waals surface area contributed by atoms with E-state index in [0.29, 0.717) is 10.8 Å². The molecule has 1 aromatic heterocycles. The van der Waals surface area contributed by atoms with Gasteiger partial charge in [0.15, 0.2) is 5.13 Å². The van der Waals surface area contributed by atoms with Crippen molar-refractivity contribution in [3.63, 3.8) is 0 Å². The third kappa shape index (κ3) is 2.23. The molecule has 0 atom stereocenters. The summed E-state index contributed by atoms with van der Waals surface area (Å²) in [5, 5.41) is 3.69. The molecule has 0 aliphatic heterocycles. The number of hydrogen-bond donors (Lipinski definition) is 1. The van der Waals surface area contributed by atoms with E-state index in [1.54, 1.807) is 18.2 Å². The molecular formula is C13H8BrFN2S. The number of anilines is 2. The van der Waals surface area contributed by atoms with Gasteiger partial charge in [-0.25, -0.2) is 9.37 Å². The minimum atomic E-state index is -0.280. The number of hydrogen-bond acceptors (Lipinski definition) is 3. The monoisotopic (exact) mass is 322 g/mol. The van der Waals surface area contributed by atoms with E-state index < -0.39 is 0 Å². The average molecular weight is 323 g/mol. The SMILES string of the molecule is Fc1ccccc1Nc1nc2cc(Br)ccc2s1. The largest absolute Gasteiger partial charge is 0.329 e. The molecule has 0 aliphatic carbocycles. The van der Waals surface area contributed by atoms with E-state index in [1.807, 2.05) is 18.2 Å². The molecule has 3 aromatic rings. The van der Waals surface area contributed by atoms with Gasteiger partial charge in [-0.3, -0.25) is 0 Å². The van der Waals surface area contributed by atoms with Crippen molar-refractivity contribution in [3.8, 4) is 0 Å². The lowest BCUT2D eigenvalue weighted by Gasteiger charge is -2.02. The second kappa shape index (κ2) is 4.66. The molecule has 0 aliphatic rings. The highest BCUT2D eigenvalue weighted by atomic mass is 79.9. The van der Waals surface area contributed by atoms with Gasteiger partial charge in [-0.1, -0.05) is 39.4 Å². The van der Waals surface area contributed by atoms with Crippen LogP contribution in [0.5, 0.6) is 0 Å². The quantitative estimate of drug-likeness (QED) is 0.722. The molecular weight excluding hydrogens is 315 g/mol. The Morgan fingerprint density at radius 2 is 2.00 bits per heavy atom. The minimum Gasteiger partial charge on any atom is -0.329 e. The van der Waals surface area contributed by atoms with Crippen LogP contribution in [0.1, 0.15) is 0 Å². The standard InChI is InChI=1S/C13H8BrFN2S/c14-8-5-6-12-11(7-8)17-13(18-12)16-10-4-2-1-3-9(10)15/h1-7H,(H,16,17). The molecule has 90 valence electrons. The van der Waals surface area contributed by atoms with Crippen molar-refractivity contribution < 1.29 is 4.39 Å². The smallest absolute Gasteiger partial charge is 0.188 e. The van der Waals surface area contributed by atoms with Gasteiger partial charge in [-0.15, -0.1) is 0 Å². The zero-order chi connectivity index (χ0) is 12.5. The van der Waals surface area contributed by atoms with Crippen LogP contribution in [0.2, 0.25) is 0 Å². The van der Waals surface area contributed by atoms with E-state index in [2.05, 4.69) is 26.2 Å². The molecule has 0 unspecified atom stereocenters. The topological polar surface area (TPSA) is 24.9 Å². The molecule has 18 heavy (non-hydrogen) atoms. The molecule has 0 radical (unpaired) electrons. The Hall–Kier alpha value is -1.46. The Morgan fingerprint density at radius 3 is 2.83 bits per heavy atom. The predicted molar refractivity (Wildman–Crippen MR) is 77.0 cm³/mol. The fraction of sp³-hybridized carbons (Fsp3) is 0. The second-order valence-corrected chi connectivity index (χ2v) is 5.68. The van der Waals surface area contributed by atoms with Gasteiger partial charge >= 0.3 is 0 Å². The highest BCUT2D eigenvalue weighted by Gasteiger charge is 2.06. The molecule has 5 heteroatoms. The summed E-state index contributed by atoms with van der Waals surface area (Å²) >= 11 is 4.90. The van der Waals surface area contributed by atoms with Crippen LogP contribution in [-0.2, 0) is 0 Å². The van der Waals surface area contributed by atoms with E-state index in [4.69, 9.17) is 0 Å². The Balaban J connectivity index is 1.98. The predicted octanol–water partition coefficient (Wildman–Crippen LogP) is 4.94. The second-order valence-electron chi connectivity index (χ2n) is 3.74. The summed E-state index contributed by atoms with van der Waals surface area (Å²) in [7, 11) is 0. The lowest BCUT2D eigenvalue weighted by Crippen LogP contribution is -1.91. The maximum absolute atomic E-state index is 13.5. The third-order valence-electron chi connectivity index (χ3n) is 2.47. The van der Waals surface area contributed by atoms with Crippen molar-refractivity contribution >= 4 is 48.3 Å². The van der Waals surface area contributed by atoms with E-state index in [0.717, 1.165) is 14.7 Å². The van der Waals surface area contributed by atoms with Gasteiger partial charge < -0.3 is 5.32 Å². The minimum absolute atomic E-state index is 0.280. The molecule has 0 amide bonds. The Kier molecular flexibility index (Phi) is 3.01. The van der Waals surface area contributed by atoms with Gasteiger partial charge in [0.25, 0.3) is 0 Å². The fourth-order valence-corrected chi connectivity index (χ4v) is 2.84. The molecule has 2 aromatic carbocycles. The van der Waals surface area contributed by atoms with Crippen molar-refractivity contribution in [2.45, 2.75) is 0 Å². The average Bonchev–Trinajstić information content (AvgIpc) is 2.73. The molecule has 0 saturated carbocycles. The van der Waals surface area contributed by atoms with E-state index in [-0.39, 0.29) is 5.82 Å². The van der Waals surface area contributed by atoms with Gasteiger partial charge in [0.1, 0.15) is 5.82 Å². The summed E-state index contributed by atoms with van der Waals surface area (Å²) in [5.41, 5.74) is 1.34. The zero-order valence-corrected chi connectivity index (χ0v) is 11.6. The van der Waals surface area contributed by atoms with Gasteiger partial charge in [-0.05, 0) is 30.3 Å². The highest BCUT2D eigenvalue weighted by Crippen LogP contribution is 2.30. The molecule has 0 bridgehead atoms. The number of para-hydroxylation sites is 1. The van der Waals surface area contributed by atoms with Gasteiger partial charge in [0, 0.05) is 4.47 Å². The first-order valence-electron chi connectivity index (χ1n) is 5.30. The zero-order valence-electron chi connectivity index (χ0n) is 9.15. The van der Waals surface area contributed by atoms with Gasteiger partial charge in [0.05, 0.1) is 15.9 Å². The summed E-state index contributed by atoms with van der Waals surface area (Å²) in [5.74, 6) is -0.280. The van der Waals surface area contributed by atoms with E-state index >= 15 is 0 Å². The van der Waals surface area contributed by atoms with Crippen LogP contribution < -0.4 is 5.32 Å². The summed E-state index contributed by atoms with van der Waals surface area (Å²) < 4.78 is 15.6. The van der Waals surface area contributed by atoms with Crippen molar-refractivity contribution in [3.05, 3.63) is 52.8 Å². The highest BCUT2D eigenvalue weighted by molar-refractivity contribution is 9.10. The molecule has 0 spiro atoms. The number of benzene rings is 2. The lowest BCUT2D eigenvalue weighted by atomic mass is 10.3. The number of aromatic nitrogens is 1. The van der Waals surface area contributed by atoms with Crippen LogP contribution in [0, 0.1) is 5.82 Å².